The van der Waals surface area contributed by atoms with Crippen molar-refractivity contribution >= 4 is 51.5 Å². The van der Waals surface area contributed by atoms with Gasteiger partial charge in [0.2, 0.25) is 5.91 Å². The number of thiophene rings is 1. The van der Waals surface area contributed by atoms with E-state index in [1.807, 2.05) is 11.0 Å². The van der Waals surface area contributed by atoms with Gasteiger partial charge < -0.3 is 14.5 Å². The second-order valence-electron chi connectivity index (χ2n) is 7.96. The molecule has 0 bridgehead atoms. The number of hydrogen-bond donors (Lipinski definition) is 0. The number of likely N-dealkylation sites (tertiary alicyclic amines) is 1. The van der Waals surface area contributed by atoms with Gasteiger partial charge in [0, 0.05) is 12.0 Å². The summed E-state index contributed by atoms with van der Waals surface area (Å²) in [5, 5.41) is 0. The molecular weight excluding hydrogens is 475 g/mol. The Balaban J connectivity index is 1.93. The Morgan fingerprint density at radius 1 is 1.19 bits per heavy atom. The Labute approximate surface area is 179 Å². The van der Waals surface area contributed by atoms with E-state index in [1.165, 1.54) is 18.4 Å². The van der Waals surface area contributed by atoms with Crippen LogP contribution in [-0.4, -0.2) is 50.1 Å². The summed E-state index contributed by atoms with van der Waals surface area (Å²) in [6.45, 7) is 4.22. The van der Waals surface area contributed by atoms with E-state index in [0.29, 0.717) is 10.8 Å². The highest BCUT2D eigenvalue weighted by molar-refractivity contribution is 14.1. The maximum absolute atomic E-state index is 13.6. The minimum Gasteiger partial charge on any atom is -0.465 e. The van der Waals surface area contributed by atoms with Crippen LogP contribution >= 0.6 is 33.9 Å². The predicted molar refractivity (Wildman–Crippen MR) is 118 cm³/mol. The molecule has 1 aromatic heterocycles. The summed E-state index contributed by atoms with van der Waals surface area (Å²) >= 11 is 3.64. The van der Waals surface area contributed by atoms with Crippen LogP contribution in [0.1, 0.15) is 55.1 Å². The van der Waals surface area contributed by atoms with Crippen LogP contribution in [-0.2, 0) is 9.53 Å². The first-order valence-electron chi connectivity index (χ1n) is 9.80. The highest BCUT2D eigenvalue weighted by Gasteiger charge is 2.36. The molecule has 0 unspecified atom stereocenters. The number of amides is 1. The number of ether oxygens (including phenoxy) is 1. The average Bonchev–Trinajstić information content (AvgIpc) is 3.04. The molecule has 1 aliphatic heterocycles. The number of piperidine rings is 1. The molecule has 0 atom stereocenters. The van der Waals surface area contributed by atoms with E-state index in [4.69, 9.17) is 4.74 Å². The normalized spacial score (nSPS) is 24.6. The van der Waals surface area contributed by atoms with Gasteiger partial charge >= 0.3 is 5.97 Å². The summed E-state index contributed by atoms with van der Waals surface area (Å²) in [6.07, 6.45) is 6.03. The highest BCUT2D eigenvalue weighted by atomic mass is 127. The number of rotatable bonds is 4. The van der Waals surface area contributed by atoms with Gasteiger partial charge in [0.05, 0.1) is 15.7 Å². The van der Waals surface area contributed by atoms with Gasteiger partial charge in [-0.15, -0.1) is 11.3 Å². The standard InChI is InChI=1S/C20H29IN2O3S/c1-13-4-6-14(7-5-13)19(24)23(15-8-10-22(2)11-9-15)16-12-17(21)27-18(16)20(25)26-3/h12-15H,4-11H2,1-3H3. The summed E-state index contributed by atoms with van der Waals surface area (Å²) < 4.78 is 6.01. The minimum atomic E-state index is -0.346. The maximum atomic E-state index is 13.6. The zero-order chi connectivity index (χ0) is 19.6. The molecule has 7 heteroatoms. The van der Waals surface area contributed by atoms with Gasteiger partial charge in [-0.1, -0.05) is 6.92 Å². The lowest BCUT2D eigenvalue weighted by atomic mass is 9.82. The monoisotopic (exact) mass is 504 g/mol. The number of carbonyl (C=O) groups is 2. The third-order valence-corrected chi connectivity index (χ3v) is 7.83. The van der Waals surface area contributed by atoms with Gasteiger partial charge in [0.15, 0.2) is 0 Å². The molecule has 5 nitrogen and oxygen atoms in total. The van der Waals surface area contributed by atoms with Crippen molar-refractivity contribution in [3.8, 4) is 0 Å². The second-order valence-corrected chi connectivity index (χ2v) is 10.9. The zero-order valence-electron chi connectivity index (χ0n) is 16.4. The summed E-state index contributed by atoms with van der Waals surface area (Å²) in [5.41, 5.74) is 0.759. The molecule has 0 radical (unpaired) electrons. The van der Waals surface area contributed by atoms with Gasteiger partial charge in [-0.25, -0.2) is 4.79 Å². The molecule has 3 rings (SSSR count). The Morgan fingerprint density at radius 2 is 1.81 bits per heavy atom. The Morgan fingerprint density at radius 3 is 2.41 bits per heavy atom. The molecule has 150 valence electrons. The molecule has 0 aromatic carbocycles. The number of carbonyl (C=O) groups excluding carboxylic acids is 2. The molecular formula is C20H29IN2O3S. The van der Waals surface area contributed by atoms with Crippen molar-refractivity contribution in [1.82, 2.24) is 4.90 Å². The van der Waals surface area contributed by atoms with Gasteiger partial charge in [-0.05, 0) is 93.2 Å². The maximum Gasteiger partial charge on any atom is 0.350 e. The number of anilines is 1. The first-order chi connectivity index (χ1) is 12.9. The van der Waals surface area contributed by atoms with Crippen LogP contribution in [0.3, 0.4) is 0 Å². The van der Waals surface area contributed by atoms with Gasteiger partial charge in [-0.2, -0.15) is 0 Å². The van der Waals surface area contributed by atoms with E-state index in [9.17, 15) is 9.59 Å². The summed E-state index contributed by atoms with van der Waals surface area (Å²) in [6, 6.07) is 2.14. The molecule has 0 spiro atoms. The third kappa shape index (κ3) is 4.85. The fraction of sp³-hybridized carbons (Fsp3) is 0.700. The van der Waals surface area contributed by atoms with Crippen molar-refractivity contribution in [2.75, 3.05) is 32.1 Å². The Bertz CT molecular complexity index is 677. The molecule has 27 heavy (non-hydrogen) atoms. The fourth-order valence-corrected chi connectivity index (χ4v) is 5.97. The molecule has 1 saturated heterocycles. The van der Waals surface area contributed by atoms with Crippen molar-refractivity contribution < 1.29 is 14.3 Å². The van der Waals surface area contributed by atoms with Crippen LogP contribution < -0.4 is 4.90 Å². The van der Waals surface area contributed by atoms with Gasteiger partial charge in [0.1, 0.15) is 4.88 Å². The number of hydrogen-bond acceptors (Lipinski definition) is 5. The van der Waals surface area contributed by atoms with Crippen molar-refractivity contribution in [1.29, 1.82) is 0 Å². The van der Waals surface area contributed by atoms with Crippen molar-refractivity contribution in [3.05, 3.63) is 13.8 Å². The van der Waals surface area contributed by atoms with Crippen molar-refractivity contribution in [2.45, 2.75) is 51.5 Å². The molecule has 2 aliphatic rings. The molecule has 1 aliphatic carbocycles. The first kappa shape index (κ1) is 21.0. The summed E-state index contributed by atoms with van der Waals surface area (Å²) in [7, 11) is 3.53. The molecule has 2 heterocycles. The van der Waals surface area contributed by atoms with Gasteiger partial charge in [-0.3, -0.25) is 4.79 Å². The number of methoxy groups -OCH3 is 1. The van der Waals surface area contributed by atoms with Crippen LogP contribution in [0.25, 0.3) is 0 Å². The lowest BCUT2D eigenvalue weighted by Crippen LogP contribution is -2.49. The molecule has 2 fully saturated rings. The van der Waals surface area contributed by atoms with E-state index < -0.39 is 0 Å². The summed E-state index contributed by atoms with van der Waals surface area (Å²) in [4.78, 5) is 30.8. The van der Waals surface area contributed by atoms with E-state index in [0.717, 1.165) is 60.2 Å². The fourth-order valence-electron chi connectivity index (χ4n) is 4.22. The van der Waals surface area contributed by atoms with Crippen LogP contribution in [0.2, 0.25) is 0 Å². The zero-order valence-corrected chi connectivity index (χ0v) is 19.3. The summed E-state index contributed by atoms with van der Waals surface area (Å²) in [5.74, 6) is 0.638. The van der Waals surface area contributed by atoms with E-state index in [1.54, 1.807) is 0 Å². The van der Waals surface area contributed by atoms with Crippen molar-refractivity contribution in [3.63, 3.8) is 0 Å². The Hall–Kier alpha value is -0.670. The highest BCUT2D eigenvalue weighted by Crippen LogP contribution is 2.38. The topological polar surface area (TPSA) is 49.9 Å². The van der Waals surface area contributed by atoms with Crippen LogP contribution in [0.4, 0.5) is 5.69 Å². The lowest BCUT2D eigenvalue weighted by molar-refractivity contribution is -0.124. The number of halogens is 1. The molecule has 1 aromatic rings. The Kier molecular flexibility index (Phi) is 7.19. The van der Waals surface area contributed by atoms with Crippen LogP contribution in [0, 0.1) is 14.7 Å². The van der Waals surface area contributed by atoms with Crippen molar-refractivity contribution in [2.24, 2.45) is 11.8 Å². The molecule has 1 amide bonds. The lowest BCUT2D eigenvalue weighted by Gasteiger charge is -2.39. The molecule has 1 saturated carbocycles. The van der Waals surface area contributed by atoms with E-state index in [-0.39, 0.29) is 23.8 Å². The SMILES string of the molecule is COC(=O)c1sc(I)cc1N(C(=O)C1CCC(C)CC1)C1CCN(C)CC1. The first-order valence-corrected chi connectivity index (χ1v) is 11.7. The smallest absolute Gasteiger partial charge is 0.350 e. The number of esters is 1. The van der Waals surface area contributed by atoms with E-state index in [2.05, 4.69) is 41.5 Å². The molecule has 0 N–H and O–H groups in total. The van der Waals surface area contributed by atoms with Gasteiger partial charge in [0.25, 0.3) is 0 Å². The second kappa shape index (κ2) is 9.22. The van der Waals surface area contributed by atoms with Crippen LogP contribution in [0.5, 0.6) is 0 Å². The predicted octanol–water partition coefficient (Wildman–Crippen LogP) is 4.39. The number of nitrogens with zero attached hydrogens (tertiary/aromatic N) is 2. The van der Waals surface area contributed by atoms with E-state index >= 15 is 0 Å². The largest absolute Gasteiger partial charge is 0.465 e. The minimum absolute atomic E-state index is 0.0731. The van der Waals surface area contributed by atoms with Crippen LogP contribution in [0.15, 0.2) is 6.07 Å². The quantitative estimate of drug-likeness (QED) is 0.451. The average molecular weight is 504 g/mol. The third-order valence-electron chi connectivity index (χ3n) is 5.97.